The summed E-state index contributed by atoms with van der Waals surface area (Å²) in [6, 6.07) is 0. The fourth-order valence-electron chi connectivity index (χ4n) is 0.612. The van der Waals surface area contributed by atoms with Gasteiger partial charge in [0.15, 0.2) is 0 Å². The molecule has 0 N–H and O–H groups in total. The molecule has 0 aromatic carbocycles. The predicted molar refractivity (Wildman–Crippen MR) is 48.9 cm³/mol. The molecule has 0 nitrogen and oxygen atoms in total. The van der Waals surface area contributed by atoms with E-state index in [4.69, 9.17) is 0 Å². The molecule has 2 heteroatoms. The molecule has 0 spiro atoms. The summed E-state index contributed by atoms with van der Waals surface area (Å²) in [6.07, 6.45) is 0. The third-order valence-corrected chi connectivity index (χ3v) is 8.17. The van der Waals surface area contributed by atoms with Crippen molar-refractivity contribution in [3.63, 3.8) is 0 Å². The summed E-state index contributed by atoms with van der Waals surface area (Å²) in [5.74, 6) is 4.10. The van der Waals surface area contributed by atoms with E-state index >= 15 is 0 Å². The molecule has 0 rings (SSSR count). The summed E-state index contributed by atoms with van der Waals surface area (Å²) in [5.41, 5.74) is 0. The smallest absolute Gasteiger partial charge is 0.0226 e. The van der Waals surface area contributed by atoms with E-state index in [9.17, 15) is 0 Å². The topological polar surface area (TPSA) is 0 Å². The molecule has 0 fully saturated rings. The maximum absolute atomic E-state index is 3.03. The van der Waals surface area contributed by atoms with E-state index in [0.717, 1.165) is 0 Å². The molecule has 52 valence electrons. The second kappa shape index (κ2) is 3.74. The van der Waals surface area contributed by atoms with E-state index in [-0.39, 0.29) is 9.65 Å². The van der Waals surface area contributed by atoms with Gasteiger partial charge in [-0.3, -0.25) is 0 Å². The summed E-state index contributed by atoms with van der Waals surface area (Å²) >= 11 is 0. The third kappa shape index (κ3) is 2.37. The maximum Gasteiger partial charge on any atom is -0.0226 e. The van der Waals surface area contributed by atoms with Gasteiger partial charge in [-0.2, -0.15) is 0 Å². The van der Waals surface area contributed by atoms with Crippen LogP contribution in [0.15, 0.2) is 0 Å². The molecular formula is C6H17PS. The molecule has 0 saturated heterocycles. The van der Waals surface area contributed by atoms with E-state index in [1.165, 1.54) is 17.3 Å². The highest BCUT2D eigenvalue weighted by molar-refractivity contribution is 8.68. The third-order valence-electron chi connectivity index (χ3n) is 1.72. The van der Waals surface area contributed by atoms with Crippen molar-refractivity contribution in [1.82, 2.24) is 0 Å². The van der Waals surface area contributed by atoms with Gasteiger partial charge in [-0.05, 0) is 17.3 Å². The fraction of sp³-hybridized carbons (Fsp3) is 1.00. The molecule has 1 atom stereocenters. The zero-order valence-electron chi connectivity index (χ0n) is 6.11. The minimum Gasteiger partial charge on any atom is -0.226 e. The lowest BCUT2D eigenvalue weighted by atomic mass is 10.9. The fourth-order valence-corrected chi connectivity index (χ4v) is 1.84. The van der Waals surface area contributed by atoms with Gasteiger partial charge in [0.2, 0.25) is 0 Å². The Balaban J connectivity index is 3.58. The summed E-state index contributed by atoms with van der Waals surface area (Å²) in [4.78, 5) is 0. The first-order valence-electron chi connectivity index (χ1n) is 3.22. The molecule has 0 aromatic heterocycles. The SMILES string of the molecule is CCS(P)(CC)CC. The van der Waals surface area contributed by atoms with Gasteiger partial charge in [-0.15, -0.1) is 0 Å². The van der Waals surface area contributed by atoms with Crippen molar-refractivity contribution >= 4 is 18.1 Å². The first-order chi connectivity index (χ1) is 3.68. The monoisotopic (exact) mass is 152 g/mol. The van der Waals surface area contributed by atoms with Crippen LogP contribution in [0.2, 0.25) is 0 Å². The van der Waals surface area contributed by atoms with Crippen LogP contribution < -0.4 is 0 Å². The highest BCUT2D eigenvalue weighted by atomic mass is 32.8. The average molecular weight is 152 g/mol. The van der Waals surface area contributed by atoms with Crippen LogP contribution in [0.5, 0.6) is 0 Å². The molecule has 0 radical (unpaired) electrons. The van der Waals surface area contributed by atoms with E-state index in [2.05, 4.69) is 29.2 Å². The molecule has 0 aromatic rings. The number of rotatable bonds is 3. The Morgan fingerprint density at radius 1 is 1.00 bits per heavy atom. The van der Waals surface area contributed by atoms with Crippen LogP contribution in [-0.2, 0) is 0 Å². The van der Waals surface area contributed by atoms with Gasteiger partial charge in [-0.1, -0.05) is 29.2 Å². The molecule has 8 heavy (non-hydrogen) atoms. The molecule has 1 unspecified atom stereocenters. The van der Waals surface area contributed by atoms with Crippen molar-refractivity contribution in [3.05, 3.63) is 0 Å². The Morgan fingerprint density at radius 3 is 1.25 bits per heavy atom. The van der Waals surface area contributed by atoms with Crippen LogP contribution in [-0.4, -0.2) is 17.3 Å². The van der Waals surface area contributed by atoms with Gasteiger partial charge >= 0.3 is 0 Å². The van der Waals surface area contributed by atoms with Crippen LogP contribution in [0.25, 0.3) is 0 Å². The van der Waals surface area contributed by atoms with E-state index < -0.39 is 0 Å². The van der Waals surface area contributed by atoms with E-state index in [1.807, 2.05) is 0 Å². The lowest BCUT2D eigenvalue weighted by Crippen LogP contribution is -1.99. The van der Waals surface area contributed by atoms with Crippen molar-refractivity contribution in [1.29, 1.82) is 0 Å². The second-order valence-corrected chi connectivity index (χ2v) is 8.94. The largest absolute Gasteiger partial charge is 0.226 e. The van der Waals surface area contributed by atoms with Gasteiger partial charge in [-0.25, -0.2) is 9.65 Å². The first-order valence-corrected chi connectivity index (χ1v) is 6.84. The van der Waals surface area contributed by atoms with Crippen LogP contribution in [0.4, 0.5) is 0 Å². The van der Waals surface area contributed by atoms with E-state index in [0.29, 0.717) is 0 Å². The Kier molecular flexibility index (Phi) is 4.10. The van der Waals surface area contributed by atoms with Crippen molar-refractivity contribution < 1.29 is 0 Å². The summed E-state index contributed by atoms with van der Waals surface area (Å²) < 4.78 is 0. The summed E-state index contributed by atoms with van der Waals surface area (Å²) in [5, 5.41) is 0. The maximum atomic E-state index is 3.03. The molecule has 0 saturated carbocycles. The summed E-state index contributed by atoms with van der Waals surface area (Å²) in [6.45, 7) is 6.86. The van der Waals surface area contributed by atoms with Crippen LogP contribution in [0, 0.1) is 0 Å². The van der Waals surface area contributed by atoms with Crippen LogP contribution >= 0.6 is 18.1 Å². The Hall–Kier alpha value is 0.780. The highest BCUT2D eigenvalue weighted by Gasteiger charge is 2.08. The first kappa shape index (κ1) is 8.78. The van der Waals surface area contributed by atoms with Gasteiger partial charge < -0.3 is 0 Å². The second-order valence-electron chi connectivity index (χ2n) is 1.98. The van der Waals surface area contributed by atoms with Gasteiger partial charge in [0, 0.05) is 0 Å². The zero-order valence-corrected chi connectivity index (χ0v) is 8.08. The highest BCUT2D eigenvalue weighted by Crippen LogP contribution is 2.54. The standard InChI is InChI=1S/C6H17PS/c1-4-8(7,5-2)6-3/h4-7H2,1-3H3. The van der Waals surface area contributed by atoms with Crippen LogP contribution in [0.1, 0.15) is 20.8 Å². The molecule has 0 heterocycles. The van der Waals surface area contributed by atoms with Gasteiger partial charge in [0.05, 0.1) is 0 Å². The zero-order chi connectivity index (χ0) is 6.62. The predicted octanol–water partition coefficient (Wildman–Crippen LogP) is 2.64. The van der Waals surface area contributed by atoms with Crippen molar-refractivity contribution in [2.75, 3.05) is 17.3 Å². The van der Waals surface area contributed by atoms with Crippen molar-refractivity contribution in [2.45, 2.75) is 20.8 Å². The Morgan fingerprint density at radius 2 is 1.25 bits per heavy atom. The molecule has 0 aliphatic rings. The van der Waals surface area contributed by atoms with Crippen LogP contribution in [0.3, 0.4) is 0 Å². The van der Waals surface area contributed by atoms with E-state index in [1.54, 1.807) is 0 Å². The van der Waals surface area contributed by atoms with Gasteiger partial charge in [0.25, 0.3) is 0 Å². The van der Waals surface area contributed by atoms with Gasteiger partial charge in [0.1, 0.15) is 0 Å². The normalized spacial score (nSPS) is 14.0. The molecule has 0 amide bonds. The summed E-state index contributed by atoms with van der Waals surface area (Å²) in [7, 11) is 2.79. The molecule has 0 aliphatic carbocycles. The minimum absolute atomic E-state index is 0.236. The van der Waals surface area contributed by atoms with Crippen molar-refractivity contribution in [2.24, 2.45) is 0 Å². The quantitative estimate of drug-likeness (QED) is 0.545. The lowest BCUT2D eigenvalue weighted by molar-refractivity contribution is 1.37. The molecule has 0 bridgehead atoms. The number of hydrogen-bond donors (Lipinski definition) is 0. The average Bonchev–Trinajstić information content (AvgIpc) is 1.87. The Bertz CT molecular complexity index is 51.3. The number of hydrogen-bond acceptors (Lipinski definition) is 0. The molecule has 0 aliphatic heterocycles. The Labute approximate surface area is 56.7 Å². The molecular weight excluding hydrogens is 135 g/mol. The van der Waals surface area contributed by atoms with Crippen molar-refractivity contribution in [3.8, 4) is 0 Å². The minimum atomic E-state index is -0.236. The lowest BCUT2D eigenvalue weighted by Gasteiger charge is -2.31.